The van der Waals surface area contributed by atoms with E-state index in [1.165, 1.54) is 12.4 Å². The molecule has 3 heterocycles. The van der Waals surface area contributed by atoms with Gasteiger partial charge < -0.3 is 14.9 Å². The molecule has 0 radical (unpaired) electrons. The molecule has 1 atom stereocenters. The number of rotatable bonds is 4. The zero-order valence-electron chi connectivity index (χ0n) is 13.9. The molecule has 3 rings (SSSR count). The highest BCUT2D eigenvalue weighted by Gasteiger charge is 2.38. The summed E-state index contributed by atoms with van der Waals surface area (Å²) < 4.78 is 0. The third-order valence-electron chi connectivity index (χ3n) is 4.05. The number of nitrogens with zero attached hydrogens (tertiary/aromatic N) is 5. The summed E-state index contributed by atoms with van der Waals surface area (Å²) >= 11 is 0. The minimum atomic E-state index is -0.852. The third-order valence-corrected chi connectivity index (χ3v) is 4.05. The number of carbonyl (C=O) groups excluding carboxylic acids is 1. The molecule has 126 valence electrons. The Morgan fingerprint density at radius 2 is 2.08 bits per heavy atom. The number of aromatic nitrogens is 3. The zero-order valence-corrected chi connectivity index (χ0v) is 13.9. The van der Waals surface area contributed by atoms with Gasteiger partial charge in [0.15, 0.2) is 5.82 Å². The lowest BCUT2D eigenvalue weighted by Gasteiger charge is -2.26. The molecule has 0 unspecified atom stereocenters. The summed E-state index contributed by atoms with van der Waals surface area (Å²) in [4.78, 5) is 28.7. The first-order chi connectivity index (χ1) is 11.5. The number of pyridine rings is 1. The Morgan fingerprint density at radius 1 is 1.33 bits per heavy atom. The lowest BCUT2D eigenvalue weighted by molar-refractivity contribution is 0.0236. The van der Waals surface area contributed by atoms with Gasteiger partial charge in [0, 0.05) is 43.4 Å². The second kappa shape index (κ2) is 6.62. The highest BCUT2D eigenvalue weighted by molar-refractivity contribution is 5.94. The predicted octanol–water partition coefficient (Wildman–Crippen LogP) is 0.677. The summed E-state index contributed by atoms with van der Waals surface area (Å²) in [5, 5.41) is 10.5. The smallest absolute Gasteiger partial charge is 0.257 e. The van der Waals surface area contributed by atoms with Gasteiger partial charge in [-0.2, -0.15) is 0 Å². The van der Waals surface area contributed by atoms with Crippen molar-refractivity contribution in [1.29, 1.82) is 0 Å². The van der Waals surface area contributed by atoms with Crippen LogP contribution in [0.3, 0.4) is 0 Å². The molecular formula is C17H21N5O2. The number of hydrogen-bond donors (Lipinski definition) is 1. The zero-order chi connectivity index (χ0) is 17.2. The van der Waals surface area contributed by atoms with E-state index in [2.05, 4.69) is 15.0 Å². The van der Waals surface area contributed by atoms with Crippen LogP contribution in [0.5, 0.6) is 0 Å². The van der Waals surface area contributed by atoms with Crippen LogP contribution >= 0.6 is 0 Å². The van der Waals surface area contributed by atoms with E-state index < -0.39 is 5.60 Å². The normalized spacial score (nSPS) is 20.6. The molecular weight excluding hydrogens is 306 g/mol. The highest BCUT2D eigenvalue weighted by atomic mass is 16.3. The van der Waals surface area contributed by atoms with Gasteiger partial charge in [-0.15, -0.1) is 0 Å². The van der Waals surface area contributed by atoms with Gasteiger partial charge in [0.2, 0.25) is 0 Å². The van der Waals surface area contributed by atoms with Crippen molar-refractivity contribution in [2.45, 2.75) is 12.0 Å². The topological polar surface area (TPSA) is 82.5 Å². The van der Waals surface area contributed by atoms with Crippen LogP contribution in [0.1, 0.15) is 16.8 Å². The van der Waals surface area contributed by atoms with Gasteiger partial charge in [-0.1, -0.05) is 0 Å². The maximum atomic E-state index is 12.6. The van der Waals surface area contributed by atoms with Crippen LogP contribution in [0.25, 0.3) is 11.4 Å². The summed E-state index contributed by atoms with van der Waals surface area (Å²) in [6.45, 7) is 1.40. The average molecular weight is 327 g/mol. The first kappa shape index (κ1) is 16.5. The van der Waals surface area contributed by atoms with Crippen molar-refractivity contribution in [3.63, 3.8) is 0 Å². The van der Waals surface area contributed by atoms with Crippen LogP contribution in [0.4, 0.5) is 0 Å². The molecule has 0 saturated carbocycles. The van der Waals surface area contributed by atoms with Crippen LogP contribution in [0.15, 0.2) is 36.9 Å². The Hall–Kier alpha value is -2.38. The van der Waals surface area contributed by atoms with Crippen LogP contribution < -0.4 is 0 Å². The molecule has 0 aliphatic carbocycles. The number of amides is 1. The number of hydrogen-bond acceptors (Lipinski definition) is 6. The molecule has 0 spiro atoms. The first-order valence-corrected chi connectivity index (χ1v) is 7.86. The van der Waals surface area contributed by atoms with Gasteiger partial charge >= 0.3 is 0 Å². The van der Waals surface area contributed by atoms with Crippen molar-refractivity contribution in [3.8, 4) is 11.4 Å². The molecule has 7 heteroatoms. The van der Waals surface area contributed by atoms with E-state index in [-0.39, 0.29) is 5.91 Å². The standard InChI is InChI=1S/C17H21N5O2/c1-21(2)11-17(24)5-7-22(12-17)16(23)14-9-19-15(20-10-14)13-4-3-6-18-8-13/h3-4,6,8-10,24H,5,7,11-12H2,1-2H3/t17-/m0/s1. The molecule has 1 amide bonds. The van der Waals surface area contributed by atoms with Crippen molar-refractivity contribution in [1.82, 2.24) is 24.8 Å². The van der Waals surface area contributed by atoms with E-state index in [9.17, 15) is 9.90 Å². The Labute approximate surface area is 141 Å². The average Bonchev–Trinajstić information content (AvgIpc) is 2.96. The molecule has 2 aromatic heterocycles. The molecule has 1 aliphatic heterocycles. The van der Waals surface area contributed by atoms with Gasteiger partial charge in [0.1, 0.15) is 0 Å². The molecule has 0 bridgehead atoms. The van der Waals surface area contributed by atoms with Crippen molar-refractivity contribution in [3.05, 3.63) is 42.5 Å². The van der Waals surface area contributed by atoms with E-state index in [1.54, 1.807) is 17.3 Å². The molecule has 1 saturated heterocycles. The Morgan fingerprint density at radius 3 is 2.71 bits per heavy atom. The maximum Gasteiger partial charge on any atom is 0.257 e. The van der Waals surface area contributed by atoms with Crippen molar-refractivity contribution >= 4 is 5.91 Å². The van der Waals surface area contributed by atoms with Gasteiger partial charge in [-0.25, -0.2) is 9.97 Å². The number of likely N-dealkylation sites (N-methyl/N-ethyl adjacent to an activating group) is 1. The van der Waals surface area contributed by atoms with Gasteiger partial charge in [-0.05, 0) is 32.6 Å². The van der Waals surface area contributed by atoms with Crippen LogP contribution in [-0.2, 0) is 0 Å². The fraction of sp³-hybridized carbons (Fsp3) is 0.412. The molecule has 1 fully saturated rings. The summed E-state index contributed by atoms with van der Waals surface area (Å²) in [5.41, 5.74) is 0.380. The number of likely N-dealkylation sites (tertiary alicyclic amines) is 1. The van der Waals surface area contributed by atoms with E-state index in [0.29, 0.717) is 37.4 Å². The van der Waals surface area contributed by atoms with Gasteiger partial charge in [0.05, 0.1) is 17.7 Å². The summed E-state index contributed by atoms with van der Waals surface area (Å²) in [6, 6.07) is 3.68. The lowest BCUT2D eigenvalue weighted by Crippen LogP contribution is -2.43. The number of carbonyl (C=O) groups is 1. The van der Waals surface area contributed by atoms with E-state index in [0.717, 1.165) is 5.56 Å². The third kappa shape index (κ3) is 3.58. The fourth-order valence-corrected chi connectivity index (χ4v) is 3.01. The lowest BCUT2D eigenvalue weighted by atomic mass is 10.0. The fourth-order valence-electron chi connectivity index (χ4n) is 3.01. The van der Waals surface area contributed by atoms with E-state index in [4.69, 9.17) is 0 Å². The van der Waals surface area contributed by atoms with Crippen LogP contribution in [0.2, 0.25) is 0 Å². The molecule has 7 nitrogen and oxygen atoms in total. The summed E-state index contributed by atoms with van der Waals surface area (Å²) in [7, 11) is 3.82. The Bertz CT molecular complexity index is 705. The molecule has 1 N–H and O–H groups in total. The predicted molar refractivity (Wildman–Crippen MR) is 89.3 cm³/mol. The first-order valence-electron chi connectivity index (χ1n) is 7.86. The second-order valence-electron chi connectivity index (χ2n) is 6.48. The molecule has 24 heavy (non-hydrogen) atoms. The Kier molecular flexibility index (Phi) is 4.55. The van der Waals surface area contributed by atoms with E-state index >= 15 is 0 Å². The SMILES string of the molecule is CN(C)C[C@@]1(O)CCN(C(=O)c2cnc(-c3cccnc3)nc2)C1. The maximum absolute atomic E-state index is 12.6. The number of aliphatic hydroxyl groups is 1. The monoisotopic (exact) mass is 327 g/mol. The minimum absolute atomic E-state index is 0.151. The number of β-amino-alcohol motifs (C(OH)–C–C–N with tert-alkyl or cyclic N) is 1. The van der Waals surface area contributed by atoms with Crippen LogP contribution in [0, 0.1) is 0 Å². The van der Waals surface area contributed by atoms with Crippen molar-refractivity contribution in [2.75, 3.05) is 33.7 Å². The van der Waals surface area contributed by atoms with Gasteiger partial charge in [0.25, 0.3) is 5.91 Å². The quantitative estimate of drug-likeness (QED) is 0.889. The van der Waals surface area contributed by atoms with E-state index in [1.807, 2.05) is 31.1 Å². The minimum Gasteiger partial charge on any atom is -0.387 e. The Balaban J connectivity index is 1.70. The van der Waals surface area contributed by atoms with Crippen molar-refractivity contribution < 1.29 is 9.90 Å². The van der Waals surface area contributed by atoms with Crippen molar-refractivity contribution in [2.24, 2.45) is 0 Å². The van der Waals surface area contributed by atoms with Gasteiger partial charge in [-0.3, -0.25) is 9.78 Å². The summed E-state index contributed by atoms with van der Waals surface area (Å²) in [6.07, 6.45) is 7.00. The molecule has 1 aliphatic rings. The highest BCUT2D eigenvalue weighted by Crippen LogP contribution is 2.23. The largest absolute Gasteiger partial charge is 0.387 e. The molecule has 2 aromatic rings. The molecule has 0 aromatic carbocycles. The van der Waals surface area contributed by atoms with Crippen LogP contribution in [-0.4, -0.2) is 75.1 Å². The summed E-state index contributed by atoms with van der Waals surface area (Å²) in [5.74, 6) is 0.382. The second-order valence-corrected chi connectivity index (χ2v) is 6.48.